The molecule has 112 valence electrons. The highest BCUT2D eigenvalue weighted by atomic mass is 16.5. The minimum atomic E-state index is 0.494. The molecule has 1 saturated carbocycles. The van der Waals surface area contributed by atoms with Crippen molar-refractivity contribution in [2.75, 3.05) is 6.61 Å². The van der Waals surface area contributed by atoms with E-state index in [1.165, 1.54) is 64.2 Å². The van der Waals surface area contributed by atoms with Crippen molar-refractivity contribution in [1.82, 2.24) is 5.43 Å². The lowest BCUT2D eigenvalue weighted by atomic mass is 9.73. The molecule has 4 unspecified atom stereocenters. The van der Waals surface area contributed by atoms with Gasteiger partial charge in [-0.2, -0.15) is 0 Å². The molecule has 3 heteroatoms. The zero-order chi connectivity index (χ0) is 13.5. The molecule has 0 aromatic carbocycles. The van der Waals surface area contributed by atoms with Gasteiger partial charge >= 0.3 is 0 Å². The fraction of sp³-hybridized carbons (Fsp3) is 1.00. The van der Waals surface area contributed by atoms with Gasteiger partial charge < -0.3 is 4.74 Å². The van der Waals surface area contributed by atoms with E-state index in [1.807, 2.05) is 0 Å². The van der Waals surface area contributed by atoms with E-state index in [0.29, 0.717) is 12.1 Å². The summed E-state index contributed by atoms with van der Waals surface area (Å²) in [6.07, 6.45) is 13.6. The lowest BCUT2D eigenvalue weighted by molar-refractivity contribution is 0.00594. The fourth-order valence-electron chi connectivity index (χ4n) is 4.09. The Kier molecular flexibility index (Phi) is 6.62. The Hall–Kier alpha value is -0.120. The van der Waals surface area contributed by atoms with Crippen LogP contribution in [0.3, 0.4) is 0 Å². The molecular weight excluding hydrogens is 236 g/mol. The van der Waals surface area contributed by atoms with Crippen molar-refractivity contribution in [1.29, 1.82) is 0 Å². The molecule has 1 aliphatic heterocycles. The van der Waals surface area contributed by atoms with Crippen LogP contribution >= 0.6 is 0 Å². The summed E-state index contributed by atoms with van der Waals surface area (Å²) >= 11 is 0. The molecule has 3 nitrogen and oxygen atoms in total. The van der Waals surface area contributed by atoms with Crippen molar-refractivity contribution >= 4 is 0 Å². The van der Waals surface area contributed by atoms with E-state index < -0.39 is 0 Å². The van der Waals surface area contributed by atoms with E-state index >= 15 is 0 Å². The SMILES string of the molecule is CCC1CCCCC1C(CCC1CCCCO1)NN. The Morgan fingerprint density at radius 3 is 2.63 bits per heavy atom. The Morgan fingerprint density at radius 1 is 1.16 bits per heavy atom. The van der Waals surface area contributed by atoms with Gasteiger partial charge in [0.15, 0.2) is 0 Å². The molecule has 4 atom stereocenters. The van der Waals surface area contributed by atoms with Gasteiger partial charge in [0.25, 0.3) is 0 Å². The topological polar surface area (TPSA) is 47.3 Å². The number of nitrogens with one attached hydrogen (secondary N) is 1. The summed E-state index contributed by atoms with van der Waals surface area (Å²) in [5.41, 5.74) is 3.12. The van der Waals surface area contributed by atoms with Gasteiger partial charge in [-0.25, -0.2) is 0 Å². The van der Waals surface area contributed by atoms with Gasteiger partial charge in [0.05, 0.1) is 6.10 Å². The second-order valence-corrected chi connectivity index (χ2v) is 6.46. The highest BCUT2D eigenvalue weighted by Crippen LogP contribution is 2.36. The van der Waals surface area contributed by atoms with E-state index in [0.717, 1.165) is 18.4 Å². The minimum Gasteiger partial charge on any atom is -0.378 e. The van der Waals surface area contributed by atoms with Crippen LogP contribution in [0.2, 0.25) is 0 Å². The first-order valence-electron chi connectivity index (χ1n) is 8.42. The Bertz CT molecular complexity index is 241. The average molecular weight is 268 g/mol. The molecule has 1 heterocycles. The number of nitrogens with two attached hydrogens (primary N) is 1. The van der Waals surface area contributed by atoms with Crippen LogP contribution in [0.1, 0.15) is 71.1 Å². The molecule has 2 fully saturated rings. The van der Waals surface area contributed by atoms with E-state index in [2.05, 4.69) is 12.3 Å². The number of hydrazine groups is 1. The first-order valence-corrected chi connectivity index (χ1v) is 8.42. The van der Waals surface area contributed by atoms with Crippen LogP contribution in [0.4, 0.5) is 0 Å². The van der Waals surface area contributed by atoms with Gasteiger partial charge in [-0.05, 0) is 50.4 Å². The molecule has 0 spiro atoms. The molecule has 1 saturated heterocycles. The quantitative estimate of drug-likeness (QED) is 0.573. The number of hydrogen-bond acceptors (Lipinski definition) is 3. The second-order valence-electron chi connectivity index (χ2n) is 6.46. The van der Waals surface area contributed by atoms with Gasteiger partial charge in [0, 0.05) is 12.6 Å². The van der Waals surface area contributed by atoms with Crippen molar-refractivity contribution in [2.45, 2.75) is 83.3 Å². The third-order valence-electron chi connectivity index (χ3n) is 5.30. The van der Waals surface area contributed by atoms with Crippen molar-refractivity contribution in [3.63, 3.8) is 0 Å². The highest BCUT2D eigenvalue weighted by Gasteiger charge is 2.30. The largest absolute Gasteiger partial charge is 0.378 e. The van der Waals surface area contributed by atoms with Crippen LogP contribution in [0.15, 0.2) is 0 Å². The van der Waals surface area contributed by atoms with E-state index in [9.17, 15) is 0 Å². The van der Waals surface area contributed by atoms with Crippen LogP contribution in [-0.4, -0.2) is 18.8 Å². The first-order chi connectivity index (χ1) is 9.35. The third kappa shape index (κ3) is 4.44. The van der Waals surface area contributed by atoms with Crippen LogP contribution in [0.25, 0.3) is 0 Å². The normalized spacial score (nSPS) is 34.1. The van der Waals surface area contributed by atoms with Crippen LogP contribution in [-0.2, 0) is 4.74 Å². The average Bonchev–Trinajstić information content (AvgIpc) is 2.49. The maximum Gasteiger partial charge on any atom is 0.0575 e. The summed E-state index contributed by atoms with van der Waals surface area (Å²) < 4.78 is 5.84. The van der Waals surface area contributed by atoms with Crippen molar-refractivity contribution < 1.29 is 4.74 Å². The lowest BCUT2D eigenvalue weighted by Crippen LogP contribution is -2.45. The number of hydrogen-bond donors (Lipinski definition) is 2. The molecule has 1 aliphatic carbocycles. The summed E-state index contributed by atoms with van der Waals surface area (Å²) in [5.74, 6) is 7.51. The van der Waals surface area contributed by atoms with Gasteiger partial charge in [-0.1, -0.05) is 32.6 Å². The summed E-state index contributed by atoms with van der Waals surface area (Å²) in [5, 5.41) is 0. The first kappa shape index (κ1) is 15.3. The van der Waals surface area contributed by atoms with E-state index in [1.54, 1.807) is 0 Å². The maximum atomic E-state index is 5.85. The van der Waals surface area contributed by atoms with E-state index in [-0.39, 0.29) is 0 Å². The predicted octanol–water partition coefficient (Wildman–Crippen LogP) is 3.38. The fourth-order valence-corrected chi connectivity index (χ4v) is 4.09. The van der Waals surface area contributed by atoms with Crippen LogP contribution < -0.4 is 11.3 Å². The highest BCUT2D eigenvalue weighted by molar-refractivity contribution is 4.84. The molecule has 0 bridgehead atoms. The maximum absolute atomic E-state index is 5.85. The van der Waals surface area contributed by atoms with E-state index in [4.69, 9.17) is 10.6 Å². The van der Waals surface area contributed by atoms with Crippen LogP contribution in [0, 0.1) is 11.8 Å². The summed E-state index contributed by atoms with van der Waals surface area (Å²) in [6, 6.07) is 0.496. The van der Waals surface area contributed by atoms with Gasteiger partial charge in [0.2, 0.25) is 0 Å². The predicted molar refractivity (Wildman–Crippen MR) is 79.7 cm³/mol. The molecule has 19 heavy (non-hydrogen) atoms. The molecular formula is C16H32N2O. The van der Waals surface area contributed by atoms with Crippen LogP contribution in [0.5, 0.6) is 0 Å². The summed E-state index contributed by atoms with van der Waals surface area (Å²) in [7, 11) is 0. The Morgan fingerprint density at radius 2 is 1.95 bits per heavy atom. The molecule has 0 radical (unpaired) electrons. The zero-order valence-electron chi connectivity index (χ0n) is 12.6. The smallest absolute Gasteiger partial charge is 0.0575 e. The molecule has 2 rings (SSSR count). The monoisotopic (exact) mass is 268 g/mol. The minimum absolute atomic E-state index is 0.494. The molecule has 2 aliphatic rings. The third-order valence-corrected chi connectivity index (χ3v) is 5.30. The molecule has 3 N–H and O–H groups in total. The second kappa shape index (κ2) is 8.23. The van der Waals surface area contributed by atoms with Gasteiger partial charge in [0.1, 0.15) is 0 Å². The standard InChI is InChI=1S/C16H32N2O/c1-2-13-7-3-4-9-15(13)16(18-17)11-10-14-8-5-6-12-19-14/h13-16,18H,2-12,17H2,1H3. The molecule has 0 aromatic rings. The van der Waals surface area contributed by atoms with Gasteiger partial charge in [-0.3, -0.25) is 11.3 Å². The summed E-state index contributed by atoms with van der Waals surface area (Å²) in [4.78, 5) is 0. The Balaban J connectivity index is 1.80. The zero-order valence-corrected chi connectivity index (χ0v) is 12.6. The van der Waals surface area contributed by atoms with Crippen molar-refractivity contribution in [2.24, 2.45) is 17.7 Å². The molecule has 0 amide bonds. The number of rotatable bonds is 6. The van der Waals surface area contributed by atoms with Gasteiger partial charge in [-0.15, -0.1) is 0 Å². The number of ether oxygens (including phenoxy) is 1. The van der Waals surface area contributed by atoms with Crippen molar-refractivity contribution in [3.8, 4) is 0 Å². The molecule has 0 aromatic heterocycles. The lowest BCUT2D eigenvalue weighted by Gasteiger charge is -2.37. The van der Waals surface area contributed by atoms with Crippen molar-refractivity contribution in [3.05, 3.63) is 0 Å². The summed E-state index contributed by atoms with van der Waals surface area (Å²) in [6.45, 7) is 3.30. The Labute approximate surface area is 118 Å².